The smallest absolute Gasteiger partial charge is 0.253 e. The third kappa shape index (κ3) is 3.59. The first-order chi connectivity index (χ1) is 10.4. The molecule has 0 saturated heterocycles. The fourth-order valence-corrected chi connectivity index (χ4v) is 3.53. The van der Waals surface area contributed by atoms with Crippen LogP contribution >= 0.6 is 11.3 Å². The minimum atomic E-state index is -0.529. The maximum absolute atomic E-state index is 12.4. The quantitative estimate of drug-likeness (QED) is 0.857. The lowest BCUT2D eigenvalue weighted by Crippen LogP contribution is -2.34. The van der Waals surface area contributed by atoms with E-state index in [0.29, 0.717) is 6.42 Å². The maximum Gasteiger partial charge on any atom is 0.253 e. The number of carbonyl (C=O) groups excluding carboxylic acids is 1. The van der Waals surface area contributed by atoms with E-state index < -0.39 is 6.10 Å². The van der Waals surface area contributed by atoms with Crippen LogP contribution in [0.3, 0.4) is 0 Å². The van der Waals surface area contributed by atoms with Crippen molar-refractivity contribution in [2.45, 2.75) is 52.8 Å². The Bertz CT molecular complexity index is 631. The van der Waals surface area contributed by atoms with Gasteiger partial charge >= 0.3 is 0 Å². The van der Waals surface area contributed by atoms with Crippen LogP contribution in [0.15, 0.2) is 23.6 Å². The van der Waals surface area contributed by atoms with Crippen LogP contribution in [0.2, 0.25) is 0 Å². The highest BCUT2D eigenvalue weighted by Crippen LogP contribution is 2.23. The van der Waals surface area contributed by atoms with E-state index in [1.165, 1.54) is 11.3 Å². The van der Waals surface area contributed by atoms with E-state index in [2.05, 4.69) is 16.8 Å². The molecule has 0 radical (unpaired) electrons. The summed E-state index contributed by atoms with van der Waals surface area (Å²) in [5.41, 5.74) is 2.80. The first-order valence-corrected chi connectivity index (χ1v) is 8.51. The van der Waals surface area contributed by atoms with Crippen LogP contribution in [0.25, 0.3) is 0 Å². The molecule has 5 heteroatoms. The number of hydrogen-bond acceptors (Lipinski definition) is 3. The molecule has 0 bridgehead atoms. The molecule has 1 amide bonds. The number of aliphatic hydroxyl groups is 1. The molecule has 2 aromatic rings. The highest BCUT2D eigenvalue weighted by Gasteiger charge is 2.19. The number of nitrogens with one attached hydrogen (secondary N) is 1. The number of thiophene rings is 1. The van der Waals surface area contributed by atoms with Crippen LogP contribution < -0.4 is 5.32 Å². The summed E-state index contributed by atoms with van der Waals surface area (Å²) in [5.74, 6) is -0.0707. The van der Waals surface area contributed by atoms with Gasteiger partial charge in [-0.2, -0.15) is 0 Å². The summed E-state index contributed by atoms with van der Waals surface area (Å²) >= 11 is 1.53. The Labute approximate surface area is 135 Å². The molecule has 0 saturated carbocycles. The van der Waals surface area contributed by atoms with Crippen molar-refractivity contribution in [3.63, 3.8) is 0 Å². The summed E-state index contributed by atoms with van der Waals surface area (Å²) in [6.07, 6.45) is -0.0166. The van der Waals surface area contributed by atoms with Gasteiger partial charge in [0.05, 0.1) is 11.7 Å². The van der Waals surface area contributed by atoms with Crippen LogP contribution in [0.4, 0.5) is 0 Å². The van der Waals surface area contributed by atoms with Gasteiger partial charge < -0.3 is 15.0 Å². The Morgan fingerprint density at radius 3 is 2.73 bits per heavy atom. The van der Waals surface area contributed by atoms with Crippen LogP contribution in [0.1, 0.15) is 53.0 Å². The van der Waals surface area contributed by atoms with Crippen molar-refractivity contribution in [2.24, 2.45) is 0 Å². The number of aromatic nitrogens is 1. The van der Waals surface area contributed by atoms with Gasteiger partial charge in [0.1, 0.15) is 0 Å². The zero-order valence-corrected chi connectivity index (χ0v) is 14.4. The van der Waals surface area contributed by atoms with Gasteiger partial charge in [0.25, 0.3) is 5.91 Å². The number of aryl methyl sites for hydroxylation is 1. The van der Waals surface area contributed by atoms with Gasteiger partial charge in [-0.05, 0) is 51.6 Å². The summed E-state index contributed by atoms with van der Waals surface area (Å²) < 4.78 is 2.13. The van der Waals surface area contributed by atoms with Gasteiger partial charge in [-0.25, -0.2) is 0 Å². The first-order valence-electron chi connectivity index (χ1n) is 7.63. The first kappa shape index (κ1) is 16.8. The number of amides is 1. The molecule has 0 spiro atoms. The molecule has 2 heterocycles. The highest BCUT2D eigenvalue weighted by molar-refractivity contribution is 7.10. The molecule has 0 aliphatic heterocycles. The van der Waals surface area contributed by atoms with Crippen molar-refractivity contribution in [1.82, 2.24) is 9.88 Å². The predicted molar refractivity (Wildman–Crippen MR) is 90.4 cm³/mol. The molecule has 0 fully saturated rings. The third-order valence-electron chi connectivity index (χ3n) is 3.96. The van der Waals surface area contributed by atoms with Gasteiger partial charge in [0.15, 0.2) is 0 Å². The zero-order valence-electron chi connectivity index (χ0n) is 13.6. The molecule has 2 unspecified atom stereocenters. The van der Waals surface area contributed by atoms with Crippen LogP contribution in [-0.2, 0) is 6.54 Å². The van der Waals surface area contributed by atoms with Crippen LogP contribution in [0.5, 0.6) is 0 Å². The van der Waals surface area contributed by atoms with Crippen molar-refractivity contribution in [3.8, 4) is 0 Å². The molecule has 120 valence electrons. The zero-order chi connectivity index (χ0) is 16.3. The van der Waals surface area contributed by atoms with Crippen LogP contribution in [0, 0.1) is 13.8 Å². The monoisotopic (exact) mass is 320 g/mol. The van der Waals surface area contributed by atoms with E-state index in [9.17, 15) is 9.90 Å². The number of hydrogen-bond donors (Lipinski definition) is 2. The summed E-state index contributed by atoms with van der Waals surface area (Å²) in [6, 6.07) is 5.68. The van der Waals surface area contributed by atoms with Crippen molar-refractivity contribution < 1.29 is 9.90 Å². The molecule has 0 aliphatic carbocycles. The Morgan fingerprint density at radius 1 is 1.45 bits per heavy atom. The minimum absolute atomic E-state index is 0.0707. The van der Waals surface area contributed by atoms with E-state index in [1.807, 2.05) is 44.4 Å². The second kappa shape index (κ2) is 7.11. The van der Waals surface area contributed by atoms with Gasteiger partial charge in [-0.3, -0.25) is 4.79 Å². The standard InChI is InChI=1S/C17H24N2O2S/c1-5-19-12(3)10-14(13(19)4)17(21)18-11(2)9-15(20)16-7-6-8-22-16/h6-8,10-11,15,20H,5,9H2,1-4H3,(H,18,21). The van der Waals surface area contributed by atoms with Crippen molar-refractivity contribution in [1.29, 1.82) is 0 Å². The lowest BCUT2D eigenvalue weighted by atomic mass is 10.1. The average molecular weight is 320 g/mol. The molecular formula is C17H24N2O2S. The van der Waals surface area contributed by atoms with E-state index in [0.717, 1.165) is 28.4 Å². The van der Waals surface area contributed by atoms with E-state index >= 15 is 0 Å². The topological polar surface area (TPSA) is 54.3 Å². The SMILES string of the molecule is CCn1c(C)cc(C(=O)NC(C)CC(O)c2cccs2)c1C. The summed E-state index contributed by atoms with van der Waals surface area (Å²) in [7, 11) is 0. The van der Waals surface area contributed by atoms with Gasteiger partial charge in [0, 0.05) is 28.9 Å². The minimum Gasteiger partial charge on any atom is -0.387 e. The fourth-order valence-electron chi connectivity index (χ4n) is 2.81. The summed E-state index contributed by atoms with van der Waals surface area (Å²) in [4.78, 5) is 13.4. The average Bonchev–Trinajstić information content (AvgIpc) is 3.07. The number of carbonyl (C=O) groups is 1. The highest BCUT2D eigenvalue weighted by atomic mass is 32.1. The predicted octanol–water partition coefficient (Wildman–Crippen LogP) is 3.43. The molecule has 2 rings (SSSR count). The number of aliphatic hydroxyl groups excluding tert-OH is 1. The Balaban J connectivity index is 1.99. The van der Waals surface area contributed by atoms with Crippen molar-refractivity contribution in [3.05, 3.63) is 45.4 Å². The Kier molecular flexibility index (Phi) is 5.42. The molecule has 22 heavy (non-hydrogen) atoms. The summed E-state index contributed by atoms with van der Waals surface area (Å²) in [5, 5.41) is 15.1. The van der Waals surface area contributed by atoms with Gasteiger partial charge in [-0.15, -0.1) is 11.3 Å². The second-order valence-electron chi connectivity index (χ2n) is 5.67. The molecule has 0 aromatic carbocycles. The summed E-state index contributed by atoms with van der Waals surface area (Å²) in [6.45, 7) is 8.83. The molecule has 2 aromatic heterocycles. The maximum atomic E-state index is 12.4. The lowest BCUT2D eigenvalue weighted by Gasteiger charge is -2.17. The Morgan fingerprint density at radius 2 is 2.18 bits per heavy atom. The van der Waals surface area contributed by atoms with E-state index in [4.69, 9.17) is 0 Å². The number of rotatable bonds is 6. The second-order valence-corrected chi connectivity index (χ2v) is 6.65. The number of nitrogens with zero attached hydrogens (tertiary/aromatic N) is 1. The fraction of sp³-hybridized carbons (Fsp3) is 0.471. The van der Waals surface area contributed by atoms with E-state index in [-0.39, 0.29) is 11.9 Å². The van der Waals surface area contributed by atoms with Gasteiger partial charge in [-0.1, -0.05) is 6.07 Å². The molecular weight excluding hydrogens is 296 g/mol. The molecule has 0 aliphatic rings. The molecule has 2 atom stereocenters. The molecule has 4 nitrogen and oxygen atoms in total. The van der Waals surface area contributed by atoms with Gasteiger partial charge in [0.2, 0.25) is 0 Å². The van der Waals surface area contributed by atoms with E-state index in [1.54, 1.807) is 0 Å². The normalized spacial score (nSPS) is 13.9. The lowest BCUT2D eigenvalue weighted by molar-refractivity contribution is 0.0917. The Hall–Kier alpha value is -1.59. The van der Waals surface area contributed by atoms with Crippen molar-refractivity contribution in [2.75, 3.05) is 0 Å². The molecule has 2 N–H and O–H groups in total. The van der Waals surface area contributed by atoms with Crippen LogP contribution in [-0.4, -0.2) is 21.6 Å². The van der Waals surface area contributed by atoms with Crippen molar-refractivity contribution >= 4 is 17.2 Å². The largest absolute Gasteiger partial charge is 0.387 e. The third-order valence-corrected chi connectivity index (χ3v) is 4.93.